The molecule has 4 heteroatoms. The fourth-order valence-corrected chi connectivity index (χ4v) is 2.84. The Hall–Kier alpha value is -0.870. The fourth-order valence-electron chi connectivity index (χ4n) is 1.70. The van der Waals surface area contributed by atoms with Gasteiger partial charge in [0.2, 0.25) is 5.91 Å². The maximum atomic E-state index is 11.5. The van der Waals surface area contributed by atoms with Crippen LogP contribution in [0.1, 0.15) is 49.4 Å². The van der Waals surface area contributed by atoms with Gasteiger partial charge in [0.1, 0.15) is 6.04 Å². The predicted molar refractivity (Wildman–Crippen MR) is 71.1 cm³/mol. The summed E-state index contributed by atoms with van der Waals surface area (Å²) in [6.07, 6.45) is 2.31. The second kappa shape index (κ2) is 4.42. The summed E-state index contributed by atoms with van der Waals surface area (Å²) < 4.78 is 0. The van der Waals surface area contributed by atoms with Gasteiger partial charge in [0.05, 0.1) is 0 Å². The number of hydrogen-bond acceptors (Lipinski definition) is 3. The molecule has 94 valence electrons. The Balaban J connectivity index is 2.17. The summed E-state index contributed by atoms with van der Waals surface area (Å²) in [5.41, 5.74) is 5.60. The van der Waals surface area contributed by atoms with Gasteiger partial charge in [-0.25, -0.2) is 0 Å². The van der Waals surface area contributed by atoms with Crippen LogP contribution >= 0.6 is 11.3 Å². The number of carbonyl (C=O) groups is 1. The minimum Gasteiger partial charge on any atom is -0.368 e. The zero-order chi connectivity index (χ0) is 12.6. The van der Waals surface area contributed by atoms with Gasteiger partial charge in [-0.1, -0.05) is 20.8 Å². The van der Waals surface area contributed by atoms with E-state index in [9.17, 15) is 4.79 Å². The van der Waals surface area contributed by atoms with Gasteiger partial charge in [-0.15, -0.1) is 11.3 Å². The minimum absolute atomic E-state index is 0.130. The van der Waals surface area contributed by atoms with Crippen LogP contribution in [0.2, 0.25) is 0 Å². The molecule has 1 atom stereocenters. The predicted octanol–water partition coefficient (Wildman–Crippen LogP) is 2.32. The van der Waals surface area contributed by atoms with Crippen LogP contribution in [-0.4, -0.2) is 11.9 Å². The van der Waals surface area contributed by atoms with Crippen molar-refractivity contribution in [1.29, 1.82) is 0 Å². The summed E-state index contributed by atoms with van der Waals surface area (Å²) in [7, 11) is 0. The number of carbonyl (C=O) groups excluding carboxylic acids is 1. The molecule has 1 unspecified atom stereocenters. The number of rotatable bonds is 4. The molecule has 0 saturated heterocycles. The molecule has 1 heterocycles. The first-order valence-electron chi connectivity index (χ1n) is 6.03. The standard InChI is InChI=1S/C13H20N2OS/c1-13(2,3)10-7-6-9(17-10)11(12(14)16)15-8-4-5-8/h6-8,11,15H,4-5H2,1-3H3,(H2,14,16). The van der Waals surface area contributed by atoms with E-state index >= 15 is 0 Å². The lowest BCUT2D eigenvalue weighted by Crippen LogP contribution is -2.34. The molecule has 0 radical (unpaired) electrons. The van der Waals surface area contributed by atoms with E-state index < -0.39 is 0 Å². The van der Waals surface area contributed by atoms with Crippen molar-refractivity contribution in [2.45, 2.75) is 51.1 Å². The topological polar surface area (TPSA) is 55.1 Å². The minimum atomic E-state index is -0.316. The van der Waals surface area contributed by atoms with Gasteiger partial charge in [-0.05, 0) is 30.4 Å². The lowest BCUT2D eigenvalue weighted by molar-refractivity contribution is -0.120. The zero-order valence-electron chi connectivity index (χ0n) is 10.6. The van der Waals surface area contributed by atoms with Crippen LogP contribution in [0.25, 0.3) is 0 Å². The van der Waals surface area contributed by atoms with Gasteiger partial charge in [0.25, 0.3) is 0 Å². The van der Waals surface area contributed by atoms with Crippen molar-refractivity contribution in [3.8, 4) is 0 Å². The van der Waals surface area contributed by atoms with Crippen molar-refractivity contribution in [3.05, 3.63) is 21.9 Å². The number of nitrogens with one attached hydrogen (secondary N) is 1. The average Bonchev–Trinajstić information content (AvgIpc) is 2.87. The number of hydrogen-bond donors (Lipinski definition) is 2. The van der Waals surface area contributed by atoms with Gasteiger partial charge in [0, 0.05) is 15.8 Å². The first-order chi connectivity index (χ1) is 7.88. The van der Waals surface area contributed by atoms with Crippen molar-refractivity contribution in [1.82, 2.24) is 5.32 Å². The van der Waals surface area contributed by atoms with E-state index in [4.69, 9.17) is 5.73 Å². The lowest BCUT2D eigenvalue weighted by Gasteiger charge is -2.16. The molecule has 0 aromatic carbocycles. The quantitative estimate of drug-likeness (QED) is 0.864. The Morgan fingerprint density at radius 2 is 2.12 bits per heavy atom. The summed E-state index contributed by atoms with van der Waals surface area (Å²) in [5.74, 6) is -0.279. The first-order valence-corrected chi connectivity index (χ1v) is 6.85. The molecule has 17 heavy (non-hydrogen) atoms. The maximum absolute atomic E-state index is 11.5. The molecule has 1 amide bonds. The van der Waals surface area contributed by atoms with E-state index in [1.165, 1.54) is 4.88 Å². The zero-order valence-corrected chi connectivity index (χ0v) is 11.4. The highest BCUT2D eigenvalue weighted by molar-refractivity contribution is 7.12. The molecular weight excluding hydrogens is 232 g/mol. The molecule has 0 bridgehead atoms. The third-order valence-corrected chi connectivity index (χ3v) is 4.49. The summed E-state index contributed by atoms with van der Waals surface area (Å²) in [4.78, 5) is 13.8. The Kier molecular flexibility index (Phi) is 3.27. The summed E-state index contributed by atoms with van der Waals surface area (Å²) in [6.45, 7) is 6.53. The monoisotopic (exact) mass is 252 g/mol. The lowest BCUT2D eigenvalue weighted by atomic mass is 9.95. The van der Waals surface area contributed by atoms with Crippen LogP contribution in [-0.2, 0) is 10.2 Å². The van der Waals surface area contributed by atoms with Crippen LogP contribution in [0, 0.1) is 0 Å². The van der Waals surface area contributed by atoms with Gasteiger partial charge in [-0.2, -0.15) is 0 Å². The van der Waals surface area contributed by atoms with Gasteiger partial charge in [0.15, 0.2) is 0 Å². The van der Waals surface area contributed by atoms with Crippen molar-refractivity contribution in [3.63, 3.8) is 0 Å². The average molecular weight is 252 g/mol. The number of thiophene rings is 1. The molecule has 3 nitrogen and oxygen atoms in total. The van der Waals surface area contributed by atoms with Gasteiger partial charge < -0.3 is 5.73 Å². The highest BCUT2D eigenvalue weighted by Gasteiger charge is 2.29. The molecule has 2 rings (SSSR count). The first kappa shape index (κ1) is 12.6. The van der Waals surface area contributed by atoms with E-state index in [2.05, 4.69) is 32.2 Å². The normalized spacial score (nSPS) is 18.1. The number of primary amides is 1. The molecular formula is C13H20N2OS. The van der Waals surface area contributed by atoms with Crippen molar-refractivity contribution in [2.75, 3.05) is 0 Å². The van der Waals surface area contributed by atoms with Crippen molar-refractivity contribution in [2.24, 2.45) is 5.73 Å². The number of nitrogens with two attached hydrogens (primary N) is 1. The molecule has 1 fully saturated rings. The smallest absolute Gasteiger partial charge is 0.240 e. The molecule has 0 spiro atoms. The Labute approximate surface area is 106 Å². The molecule has 1 aromatic rings. The molecule has 3 N–H and O–H groups in total. The van der Waals surface area contributed by atoms with Crippen LogP contribution in [0.3, 0.4) is 0 Å². The van der Waals surface area contributed by atoms with Crippen LogP contribution < -0.4 is 11.1 Å². The number of amides is 1. The van der Waals surface area contributed by atoms with Crippen molar-refractivity contribution >= 4 is 17.2 Å². The van der Waals surface area contributed by atoms with E-state index in [-0.39, 0.29) is 17.4 Å². The molecule has 1 aliphatic rings. The van der Waals surface area contributed by atoms with Crippen molar-refractivity contribution < 1.29 is 4.79 Å². The summed E-state index contributed by atoms with van der Waals surface area (Å²) >= 11 is 1.68. The summed E-state index contributed by atoms with van der Waals surface area (Å²) in [5, 5.41) is 3.31. The highest BCUT2D eigenvalue weighted by Crippen LogP contribution is 2.33. The van der Waals surface area contributed by atoms with Crippen LogP contribution in [0.4, 0.5) is 0 Å². The Bertz CT molecular complexity index is 415. The van der Waals surface area contributed by atoms with Crippen LogP contribution in [0.5, 0.6) is 0 Å². The Morgan fingerprint density at radius 1 is 1.47 bits per heavy atom. The van der Waals surface area contributed by atoms with E-state index in [0.717, 1.165) is 17.7 Å². The molecule has 1 saturated carbocycles. The SMILES string of the molecule is CC(C)(C)c1ccc(C(NC2CC2)C(N)=O)s1. The second-order valence-corrected chi connectivity index (χ2v) is 6.84. The van der Waals surface area contributed by atoms with E-state index in [1.807, 2.05) is 6.07 Å². The highest BCUT2D eigenvalue weighted by atomic mass is 32.1. The Morgan fingerprint density at radius 3 is 2.53 bits per heavy atom. The third kappa shape index (κ3) is 3.07. The molecule has 0 aliphatic heterocycles. The van der Waals surface area contributed by atoms with Gasteiger partial charge in [-0.3, -0.25) is 10.1 Å². The molecule has 1 aliphatic carbocycles. The molecule has 1 aromatic heterocycles. The maximum Gasteiger partial charge on any atom is 0.240 e. The van der Waals surface area contributed by atoms with E-state index in [1.54, 1.807) is 11.3 Å². The second-order valence-electron chi connectivity index (χ2n) is 5.73. The van der Waals surface area contributed by atoms with E-state index in [0.29, 0.717) is 6.04 Å². The third-order valence-electron chi connectivity index (χ3n) is 2.91. The van der Waals surface area contributed by atoms with Crippen LogP contribution in [0.15, 0.2) is 12.1 Å². The van der Waals surface area contributed by atoms with Gasteiger partial charge >= 0.3 is 0 Å². The fraction of sp³-hybridized carbons (Fsp3) is 0.615. The summed E-state index contributed by atoms with van der Waals surface area (Å²) in [6, 6.07) is 4.29. The largest absolute Gasteiger partial charge is 0.368 e.